The molecular weight excluding hydrogens is 324 g/mol. The van der Waals surface area contributed by atoms with Crippen LogP contribution < -0.4 is 4.74 Å². The van der Waals surface area contributed by atoms with Crippen LogP contribution in [0.5, 0.6) is 5.75 Å². The first-order valence-electron chi connectivity index (χ1n) is 9.25. The molecule has 0 radical (unpaired) electrons. The maximum absolute atomic E-state index is 10.9. The minimum Gasteiger partial charge on any atom is -0.492 e. The van der Waals surface area contributed by atoms with Crippen molar-refractivity contribution in [2.75, 3.05) is 33.8 Å². The second-order valence-corrected chi connectivity index (χ2v) is 7.82. The summed E-state index contributed by atoms with van der Waals surface area (Å²) in [5.41, 5.74) is 3.87. The lowest BCUT2D eigenvalue weighted by Gasteiger charge is -2.28. The summed E-state index contributed by atoms with van der Waals surface area (Å²) in [6.07, 6.45) is 0. The van der Waals surface area contributed by atoms with E-state index in [1.54, 1.807) is 0 Å². The van der Waals surface area contributed by atoms with Gasteiger partial charge in [-0.1, -0.05) is 30.3 Å². The van der Waals surface area contributed by atoms with E-state index in [2.05, 4.69) is 42.2 Å². The Morgan fingerprint density at radius 3 is 2.69 bits per heavy atom. The van der Waals surface area contributed by atoms with Crippen molar-refractivity contribution in [3.05, 3.63) is 64.7 Å². The zero-order valence-electron chi connectivity index (χ0n) is 16.3. The molecule has 3 rings (SSSR count). The first-order valence-corrected chi connectivity index (χ1v) is 9.25. The Kier molecular flexibility index (Phi) is 5.66. The zero-order valence-corrected chi connectivity index (χ0v) is 16.3. The number of hydrogen-bond acceptors (Lipinski definition) is 4. The molecule has 0 fully saturated rings. The molecule has 1 aliphatic heterocycles. The molecule has 0 saturated carbocycles. The molecule has 1 unspecified atom stereocenters. The summed E-state index contributed by atoms with van der Waals surface area (Å²) >= 11 is 0. The molecule has 26 heavy (non-hydrogen) atoms. The lowest BCUT2D eigenvalue weighted by molar-refractivity contribution is 0.0299. The molecule has 1 heterocycles. The fourth-order valence-corrected chi connectivity index (χ4v) is 3.65. The van der Waals surface area contributed by atoms with E-state index in [1.807, 2.05) is 38.1 Å². The average molecular weight is 354 g/mol. The summed E-state index contributed by atoms with van der Waals surface area (Å²) < 4.78 is 5.96. The number of aliphatic hydroxyl groups is 1. The zero-order chi connectivity index (χ0) is 18.7. The normalized spacial score (nSPS) is 17.3. The molecule has 0 saturated heterocycles. The predicted octanol–water partition coefficient (Wildman–Crippen LogP) is 3.16. The van der Waals surface area contributed by atoms with Crippen LogP contribution in [0.3, 0.4) is 0 Å². The van der Waals surface area contributed by atoms with E-state index in [9.17, 15) is 5.11 Å². The maximum atomic E-state index is 10.9. The molecule has 0 aromatic heterocycles. The van der Waals surface area contributed by atoms with Gasteiger partial charge in [-0.05, 0) is 56.8 Å². The second kappa shape index (κ2) is 7.78. The van der Waals surface area contributed by atoms with Crippen LogP contribution in [0.25, 0.3) is 0 Å². The van der Waals surface area contributed by atoms with Gasteiger partial charge >= 0.3 is 0 Å². The van der Waals surface area contributed by atoms with Gasteiger partial charge in [0.2, 0.25) is 0 Å². The van der Waals surface area contributed by atoms with Crippen molar-refractivity contribution >= 4 is 0 Å². The molecule has 0 bridgehead atoms. The van der Waals surface area contributed by atoms with E-state index in [-0.39, 0.29) is 0 Å². The molecule has 1 aliphatic rings. The molecular formula is C22H30N2O2. The van der Waals surface area contributed by atoms with E-state index in [0.29, 0.717) is 13.2 Å². The lowest BCUT2D eigenvalue weighted by atomic mass is 9.93. The molecule has 4 nitrogen and oxygen atoms in total. The van der Waals surface area contributed by atoms with Crippen LogP contribution >= 0.6 is 0 Å². The van der Waals surface area contributed by atoms with Gasteiger partial charge in [0, 0.05) is 31.7 Å². The highest BCUT2D eigenvalue weighted by Crippen LogP contribution is 2.30. The van der Waals surface area contributed by atoms with Gasteiger partial charge in [0.15, 0.2) is 0 Å². The standard InChI is InChI=1S/C22H30N2O2/c1-17-7-5-6-8-18(17)14-24-11-12-26-21-10-9-20(13-19(21)15-24)22(2,25)16-23(3)4/h5-10,13,25H,11-12,14-16H2,1-4H3. The van der Waals surface area contributed by atoms with Crippen molar-refractivity contribution in [2.45, 2.75) is 32.5 Å². The van der Waals surface area contributed by atoms with E-state index in [0.717, 1.165) is 36.5 Å². The quantitative estimate of drug-likeness (QED) is 0.895. The van der Waals surface area contributed by atoms with Crippen LogP contribution in [0.15, 0.2) is 42.5 Å². The number of aryl methyl sites for hydroxylation is 1. The summed E-state index contributed by atoms with van der Waals surface area (Å²) in [5, 5.41) is 10.9. The fourth-order valence-electron chi connectivity index (χ4n) is 3.65. The molecule has 140 valence electrons. The Hall–Kier alpha value is -1.88. The van der Waals surface area contributed by atoms with Crippen LogP contribution in [0.2, 0.25) is 0 Å². The number of hydrogen-bond donors (Lipinski definition) is 1. The van der Waals surface area contributed by atoms with E-state index in [4.69, 9.17) is 4.74 Å². The third-order valence-corrected chi connectivity index (χ3v) is 5.02. The number of nitrogens with zero attached hydrogens (tertiary/aromatic N) is 2. The van der Waals surface area contributed by atoms with Crippen molar-refractivity contribution < 1.29 is 9.84 Å². The van der Waals surface area contributed by atoms with Crippen molar-refractivity contribution in [3.8, 4) is 5.75 Å². The van der Waals surface area contributed by atoms with Gasteiger partial charge in [0.05, 0.1) is 5.60 Å². The molecule has 4 heteroatoms. The maximum Gasteiger partial charge on any atom is 0.123 e. The van der Waals surface area contributed by atoms with Gasteiger partial charge in [-0.2, -0.15) is 0 Å². The highest BCUT2D eigenvalue weighted by atomic mass is 16.5. The van der Waals surface area contributed by atoms with Crippen molar-refractivity contribution in [3.63, 3.8) is 0 Å². The second-order valence-electron chi connectivity index (χ2n) is 7.82. The van der Waals surface area contributed by atoms with Crippen LogP contribution in [-0.4, -0.2) is 48.7 Å². The first kappa shape index (κ1) is 18.9. The summed E-state index contributed by atoms with van der Waals surface area (Å²) in [4.78, 5) is 4.42. The molecule has 1 atom stereocenters. The Balaban J connectivity index is 1.82. The van der Waals surface area contributed by atoms with Gasteiger partial charge < -0.3 is 14.7 Å². The van der Waals surface area contributed by atoms with Gasteiger partial charge in [0.1, 0.15) is 12.4 Å². The Morgan fingerprint density at radius 1 is 1.19 bits per heavy atom. The Morgan fingerprint density at radius 2 is 1.96 bits per heavy atom. The third kappa shape index (κ3) is 4.44. The van der Waals surface area contributed by atoms with Gasteiger partial charge in [-0.25, -0.2) is 0 Å². The van der Waals surface area contributed by atoms with Crippen molar-refractivity contribution in [1.82, 2.24) is 9.80 Å². The minimum atomic E-state index is -0.883. The molecule has 2 aromatic rings. The van der Waals surface area contributed by atoms with Crippen molar-refractivity contribution in [1.29, 1.82) is 0 Å². The molecule has 0 spiro atoms. The monoisotopic (exact) mass is 354 g/mol. The smallest absolute Gasteiger partial charge is 0.123 e. The van der Waals surface area contributed by atoms with E-state index in [1.165, 1.54) is 11.1 Å². The van der Waals surface area contributed by atoms with Gasteiger partial charge in [0.25, 0.3) is 0 Å². The summed E-state index contributed by atoms with van der Waals surface area (Å²) in [6.45, 7) is 7.94. The Labute approximate surface area is 157 Å². The number of fused-ring (bicyclic) bond motifs is 1. The summed E-state index contributed by atoms with van der Waals surface area (Å²) in [5.74, 6) is 0.932. The fraction of sp³-hybridized carbons (Fsp3) is 0.455. The van der Waals surface area contributed by atoms with Gasteiger partial charge in [-0.3, -0.25) is 4.90 Å². The number of ether oxygens (including phenoxy) is 1. The number of rotatable bonds is 5. The number of benzene rings is 2. The first-order chi connectivity index (χ1) is 12.3. The highest BCUT2D eigenvalue weighted by molar-refractivity contribution is 5.40. The topological polar surface area (TPSA) is 35.9 Å². The predicted molar refractivity (Wildman–Crippen MR) is 105 cm³/mol. The third-order valence-electron chi connectivity index (χ3n) is 5.02. The lowest BCUT2D eigenvalue weighted by Crippen LogP contribution is -2.34. The highest BCUT2D eigenvalue weighted by Gasteiger charge is 2.26. The Bertz CT molecular complexity index is 756. The SMILES string of the molecule is Cc1ccccc1CN1CCOc2ccc(C(C)(O)CN(C)C)cc2C1. The molecule has 0 amide bonds. The summed E-state index contributed by atoms with van der Waals surface area (Å²) in [6, 6.07) is 14.6. The molecule has 1 N–H and O–H groups in total. The van der Waals surface area contributed by atoms with Crippen LogP contribution in [0, 0.1) is 6.92 Å². The molecule has 2 aromatic carbocycles. The minimum absolute atomic E-state index is 0.583. The largest absolute Gasteiger partial charge is 0.492 e. The van der Waals surface area contributed by atoms with E-state index >= 15 is 0 Å². The van der Waals surface area contributed by atoms with Crippen molar-refractivity contribution in [2.24, 2.45) is 0 Å². The van der Waals surface area contributed by atoms with Crippen LogP contribution in [0.1, 0.15) is 29.2 Å². The average Bonchev–Trinajstić information content (AvgIpc) is 2.76. The summed E-state index contributed by atoms with van der Waals surface area (Å²) in [7, 11) is 3.95. The van der Waals surface area contributed by atoms with Gasteiger partial charge in [-0.15, -0.1) is 0 Å². The molecule has 0 aliphatic carbocycles. The van der Waals surface area contributed by atoms with Crippen LogP contribution in [0.4, 0.5) is 0 Å². The van der Waals surface area contributed by atoms with E-state index < -0.39 is 5.60 Å². The number of likely N-dealkylation sites (N-methyl/N-ethyl adjacent to an activating group) is 1. The van der Waals surface area contributed by atoms with Crippen LogP contribution in [-0.2, 0) is 18.7 Å².